The maximum Gasteiger partial charge on any atom is 0.328 e. The lowest BCUT2D eigenvalue weighted by Gasteiger charge is -2.18. The van der Waals surface area contributed by atoms with E-state index in [1.54, 1.807) is 24.3 Å². The van der Waals surface area contributed by atoms with Crippen molar-refractivity contribution in [1.82, 2.24) is 10.6 Å². The zero-order valence-electron chi connectivity index (χ0n) is 13.3. The molecule has 2 rings (SSSR count). The molecule has 7 nitrogen and oxygen atoms in total. The fourth-order valence-electron chi connectivity index (χ4n) is 2.39. The van der Waals surface area contributed by atoms with Gasteiger partial charge in [-0.05, 0) is 25.0 Å². The van der Waals surface area contributed by atoms with E-state index in [2.05, 4.69) is 10.6 Å². The van der Waals surface area contributed by atoms with Crippen LogP contribution in [0.2, 0.25) is 0 Å². The van der Waals surface area contributed by atoms with Crippen molar-refractivity contribution < 1.29 is 23.3 Å². The van der Waals surface area contributed by atoms with E-state index in [0.29, 0.717) is 17.7 Å². The van der Waals surface area contributed by atoms with Gasteiger partial charge in [-0.3, -0.25) is 13.8 Å². The van der Waals surface area contributed by atoms with E-state index in [9.17, 15) is 18.6 Å². The average Bonchev–Trinajstić information content (AvgIpc) is 3.04. The highest BCUT2D eigenvalue weighted by Crippen LogP contribution is 2.10. The van der Waals surface area contributed by atoms with Crippen molar-refractivity contribution in [2.45, 2.75) is 36.2 Å². The highest BCUT2D eigenvalue weighted by Gasteiger charge is 2.30. The molecule has 0 aliphatic carbocycles. The lowest BCUT2D eigenvalue weighted by atomic mass is 10.1. The zero-order valence-corrected chi connectivity index (χ0v) is 14.1. The van der Waals surface area contributed by atoms with Gasteiger partial charge in [0, 0.05) is 17.1 Å². The largest absolute Gasteiger partial charge is 0.467 e. The third-order valence-corrected chi connectivity index (χ3v) is 5.12. The standard InChI is InChI=1S/C16H20N2O5S/c1-23-16(21)13(18-15(20)12-7-8-14(19)17-12)9-10-24(22)11-5-3-2-4-6-11/h2-6,12-13H,7-10H2,1H3,(H,17,19)(H,18,20)/t12-,13-,24-/m0/s1. The Hall–Kier alpha value is -2.22. The van der Waals surface area contributed by atoms with Crippen LogP contribution in [0.3, 0.4) is 0 Å². The minimum absolute atomic E-state index is 0.181. The SMILES string of the molecule is COC(=O)[C@H](CC[S@](=O)c1ccccc1)NC(=O)[C@@H]1CCC(=O)N1. The smallest absolute Gasteiger partial charge is 0.328 e. The van der Waals surface area contributed by atoms with Crippen molar-refractivity contribution in [3.8, 4) is 0 Å². The van der Waals surface area contributed by atoms with Crippen molar-refractivity contribution in [3.63, 3.8) is 0 Å². The van der Waals surface area contributed by atoms with Crippen LogP contribution in [0.5, 0.6) is 0 Å². The van der Waals surface area contributed by atoms with E-state index in [1.165, 1.54) is 7.11 Å². The molecule has 0 aromatic heterocycles. The Balaban J connectivity index is 1.93. The molecular formula is C16H20N2O5S. The van der Waals surface area contributed by atoms with Gasteiger partial charge in [-0.2, -0.15) is 0 Å². The van der Waals surface area contributed by atoms with Crippen LogP contribution in [0.1, 0.15) is 19.3 Å². The monoisotopic (exact) mass is 352 g/mol. The first kappa shape index (κ1) is 18.1. The Morgan fingerprint density at radius 3 is 2.67 bits per heavy atom. The maximum absolute atomic E-state index is 12.2. The molecule has 0 unspecified atom stereocenters. The summed E-state index contributed by atoms with van der Waals surface area (Å²) in [5.74, 6) is -1.00. The van der Waals surface area contributed by atoms with Crippen LogP contribution < -0.4 is 10.6 Å². The molecule has 1 aliphatic rings. The van der Waals surface area contributed by atoms with Gasteiger partial charge in [0.1, 0.15) is 12.1 Å². The number of hydrogen-bond donors (Lipinski definition) is 2. The third-order valence-electron chi connectivity index (χ3n) is 3.71. The molecule has 1 fully saturated rings. The molecule has 0 spiro atoms. The second kappa shape index (κ2) is 8.58. The van der Waals surface area contributed by atoms with Crippen LogP contribution in [0.25, 0.3) is 0 Å². The Morgan fingerprint density at radius 2 is 2.08 bits per heavy atom. The van der Waals surface area contributed by atoms with Crippen LogP contribution in [-0.4, -0.2) is 46.9 Å². The van der Waals surface area contributed by atoms with Crippen LogP contribution >= 0.6 is 0 Å². The van der Waals surface area contributed by atoms with Gasteiger partial charge in [0.2, 0.25) is 11.8 Å². The predicted molar refractivity (Wildman–Crippen MR) is 87.4 cm³/mol. The number of carbonyl (C=O) groups excluding carboxylic acids is 3. The summed E-state index contributed by atoms with van der Waals surface area (Å²) < 4.78 is 16.9. The minimum atomic E-state index is -1.27. The van der Waals surface area contributed by atoms with Crippen molar-refractivity contribution in [3.05, 3.63) is 30.3 Å². The van der Waals surface area contributed by atoms with Gasteiger partial charge in [0.25, 0.3) is 0 Å². The number of hydrogen-bond acceptors (Lipinski definition) is 5. The summed E-state index contributed by atoms with van der Waals surface area (Å²) in [5.41, 5.74) is 0. The zero-order chi connectivity index (χ0) is 17.5. The summed E-state index contributed by atoms with van der Waals surface area (Å²) >= 11 is 0. The fraction of sp³-hybridized carbons (Fsp3) is 0.438. The normalized spacial score (nSPS) is 19.2. The molecule has 0 bridgehead atoms. The summed E-state index contributed by atoms with van der Waals surface area (Å²) in [6, 6.07) is 7.36. The van der Waals surface area contributed by atoms with Gasteiger partial charge in [-0.1, -0.05) is 18.2 Å². The molecule has 8 heteroatoms. The van der Waals surface area contributed by atoms with E-state index >= 15 is 0 Å². The number of esters is 1. The summed E-state index contributed by atoms with van der Waals surface area (Å²) in [6.07, 6.45) is 0.869. The lowest BCUT2D eigenvalue weighted by molar-refractivity contribution is -0.145. The fourth-order valence-corrected chi connectivity index (χ4v) is 3.54. The quantitative estimate of drug-likeness (QED) is 0.679. The summed E-state index contributed by atoms with van der Waals surface area (Å²) in [4.78, 5) is 35.8. The Kier molecular flexibility index (Phi) is 6.48. The van der Waals surface area contributed by atoms with Crippen LogP contribution in [0, 0.1) is 0 Å². The van der Waals surface area contributed by atoms with Gasteiger partial charge in [0.15, 0.2) is 0 Å². The summed E-state index contributed by atoms with van der Waals surface area (Å²) in [5, 5.41) is 5.12. The molecule has 1 aromatic rings. The number of carbonyl (C=O) groups is 3. The number of amides is 2. The van der Waals surface area contributed by atoms with Gasteiger partial charge in [-0.15, -0.1) is 0 Å². The number of ether oxygens (including phenoxy) is 1. The molecule has 130 valence electrons. The second-order valence-electron chi connectivity index (χ2n) is 5.39. The lowest BCUT2D eigenvalue weighted by Crippen LogP contribution is -2.49. The minimum Gasteiger partial charge on any atom is -0.467 e. The van der Waals surface area contributed by atoms with Crippen LogP contribution in [-0.2, 0) is 29.9 Å². The van der Waals surface area contributed by atoms with Gasteiger partial charge in [-0.25, -0.2) is 4.79 Å². The first-order valence-corrected chi connectivity index (χ1v) is 8.94. The van der Waals surface area contributed by atoms with E-state index in [0.717, 1.165) is 0 Å². The van der Waals surface area contributed by atoms with E-state index < -0.39 is 34.8 Å². The van der Waals surface area contributed by atoms with Crippen molar-refractivity contribution >= 4 is 28.6 Å². The highest BCUT2D eigenvalue weighted by atomic mass is 32.2. The molecule has 1 saturated heterocycles. The number of benzene rings is 1. The number of nitrogens with one attached hydrogen (secondary N) is 2. The Labute approximate surface area is 142 Å². The summed E-state index contributed by atoms with van der Waals surface area (Å²) in [7, 11) is -0.0447. The maximum atomic E-state index is 12.2. The van der Waals surface area contributed by atoms with Gasteiger partial charge < -0.3 is 15.4 Å². The molecule has 0 saturated carbocycles. The van der Waals surface area contributed by atoms with Crippen molar-refractivity contribution in [1.29, 1.82) is 0 Å². The van der Waals surface area contributed by atoms with Crippen LogP contribution in [0.4, 0.5) is 0 Å². The van der Waals surface area contributed by atoms with E-state index in [4.69, 9.17) is 4.74 Å². The first-order valence-electron chi connectivity index (χ1n) is 7.62. The molecule has 1 aliphatic heterocycles. The van der Waals surface area contributed by atoms with E-state index in [1.807, 2.05) is 6.07 Å². The number of methoxy groups -OCH3 is 1. The number of rotatable bonds is 7. The van der Waals surface area contributed by atoms with Gasteiger partial charge in [0.05, 0.1) is 17.9 Å². The predicted octanol–water partition coefficient (Wildman–Crippen LogP) is 0.121. The van der Waals surface area contributed by atoms with Crippen molar-refractivity contribution in [2.24, 2.45) is 0 Å². The Morgan fingerprint density at radius 1 is 1.38 bits per heavy atom. The van der Waals surface area contributed by atoms with Crippen LogP contribution in [0.15, 0.2) is 35.2 Å². The molecular weight excluding hydrogens is 332 g/mol. The third kappa shape index (κ3) is 4.89. The second-order valence-corrected chi connectivity index (χ2v) is 6.97. The molecule has 2 N–H and O–H groups in total. The molecule has 24 heavy (non-hydrogen) atoms. The molecule has 3 atom stereocenters. The van der Waals surface area contributed by atoms with Crippen molar-refractivity contribution in [2.75, 3.05) is 12.9 Å². The molecule has 2 amide bonds. The Bertz CT molecular complexity index is 635. The average molecular weight is 352 g/mol. The topological polar surface area (TPSA) is 102 Å². The highest BCUT2D eigenvalue weighted by molar-refractivity contribution is 7.85. The first-order chi connectivity index (χ1) is 11.5. The summed E-state index contributed by atoms with van der Waals surface area (Å²) in [6.45, 7) is 0. The molecule has 0 radical (unpaired) electrons. The molecule has 1 heterocycles. The van der Waals surface area contributed by atoms with E-state index in [-0.39, 0.29) is 18.1 Å². The van der Waals surface area contributed by atoms with Gasteiger partial charge >= 0.3 is 5.97 Å². The molecule has 1 aromatic carbocycles.